The van der Waals surface area contributed by atoms with Gasteiger partial charge >= 0.3 is 0 Å². The molecule has 0 aromatic heterocycles. The molecule has 1 aromatic carbocycles. The number of nitrogens with zero attached hydrogens (tertiary/aromatic N) is 1. The molecule has 1 unspecified atom stereocenters. The van der Waals surface area contributed by atoms with Crippen LogP contribution in [0.4, 0.5) is 14.5 Å². The van der Waals surface area contributed by atoms with E-state index in [9.17, 15) is 23.7 Å². The van der Waals surface area contributed by atoms with Crippen LogP contribution < -0.4 is 15.4 Å². The molecule has 10 heteroatoms. The van der Waals surface area contributed by atoms with Crippen molar-refractivity contribution in [2.24, 2.45) is 0 Å². The Balaban J connectivity index is 0.00000264. The quantitative estimate of drug-likeness (QED) is 0.621. The summed E-state index contributed by atoms with van der Waals surface area (Å²) in [4.78, 5) is 22.0. The van der Waals surface area contributed by atoms with Crippen LogP contribution in [0.25, 0.3) is 0 Å². The van der Waals surface area contributed by atoms with Crippen molar-refractivity contribution in [2.75, 3.05) is 13.7 Å². The lowest BCUT2D eigenvalue weighted by atomic mass is 10.1. The van der Waals surface area contributed by atoms with Gasteiger partial charge in [-0.25, -0.2) is 8.78 Å². The number of hydrogen-bond donors (Lipinski definition) is 2. The Morgan fingerprint density at radius 3 is 2.78 bits per heavy atom. The van der Waals surface area contributed by atoms with Crippen LogP contribution in [-0.4, -0.2) is 36.4 Å². The zero-order chi connectivity index (χ0) is 16.3. The highest BCUT2D eigenvalue weighted by Crippen LogP contribution is 2.26. The van der Waals surface area contributed by atoms with Crippen molar-refractivity contribution in [3.8, 4) is 5.75 Å². The smallest absolute Gasteiger partial charge is 0.270 e. The number of hydrogen-bond acceptors (Lipinski definition) is 5. The average Bonchev–Trinajstić information content (AvgIpc) is 2.84. The van der Waals surface area contributed by atoms with Crippen molar-refractivity contribution >= 4 is 24.0 Å². The first-order chi connectivity index (χ1) is 10.3. The molecule has 1 aromatic rings. The minimum atomic E-state index is -2.90. The maximum Gasteiger partial charge on any atom is 0.270 e. The van der Waals surface area contributed by atoms with Gasteiger partial charge in [-0.15, -0.1) is 12.4 Å². The lowest BCUT2D eigenvalue weighted by Crippen LogP contribution is -2.40. The van der Waals surface area contributed by atoms with E-state index in [1.165, 1.54) is 25.3 Å². The van der Waals surface area contributed by atoms with Gasteiger partial charge in [0.05, 0.1) is 24.6 Å². The Hall–Kier alpha value is -2.00. The summed E-state index contributed by atoms with van der Waals surface area (Å²) in [6, 6.07) is 3.00. The monoisotopic (exact) mass is 351 g/mol. The minimum Gasteiger partial charge on any atom is -0.496 e. The highest BCUT2D eigenvalue weighted by molar-refractivity contribution is 5.85. The fourth-order valence-corrected chi connectivity index (χ4v) is 2.22. The number of amides is 1. The van der Waals surface area contributed by atoms with Crippen LogP contribution in [-0.2, 0) is 11.3 Å². The van der Waals surface area contributed by atoms with E-state index >= 15 is 0 Å². The predicted octanol–water partition coefficient (Wildman–Crippen LogP) is 1.64. The van der Waals surface area contributed by atoms with Crippen LogP contribution in [0.15, 0.2) is 18.2 Å². The van der Waals surface area contributed by atoms with E-state index in [-0.39, 0.29) is 24.6 Å². The van der Waals surface area contributed by atoms with E-state index in [0.717, 1.165) is 0 Å². The number of carbonyl (C=O) groups excluding carboxylic acids is 1. The van der Waals surface area contributed by atoms with Crippen molar-refractivity contribution in [3.05, 3.63) is 33.9 Å². The number of halogens is 3. The first-order valence-electron chi connectivity index (χ1n) is 6.52. The standard InChI is InChI=1S/C13H15F2N3O4.ClH/c1-22-11-3-2-9(18(20)21)4-8(11)6-16-12(19)10-5-13(14,15)7-17-10;/h2-4,10,17H,5-7H2,1H3,(H,16,19);1H. The van der Waals surface area contributed by atoms with E-state index in [2.05, 4.69) is 10.6 Å². The fraction of sp³-hybridized carbons (Fsp3) is 0.462. The van der Waals surface area contributed by atoms with Crippen molar-refractivity contribution in [2.45, 2.75) is 24.9 Å². The summed E-state index contributed by atoms with van der Waals surface area (Å²) in [6.07, 6.45) is -0.565. The van der Waals surface area contributed by atoms with Crippen LogP contribution in [0, 0.1) is 10.1 Å². The Morgan fingerprint density at radius 1 is 1.57 bits per heavy atom. The molecule has 0 spiro atoms. The number of carbonyl (C=O) groups is 1. The molecule has 1 amide bonds. The maximum absolute atomic E-state index is 13.0. The van der Waals surface area contributed by atoms with E-state index in [1.807, 2.05) is 0 Å². The second-order valence-corrected chi connectivity index (χ2v) is 4.96. The van der Waals surface area contributed by atoms with E-state index in [0.29, 0.717) is 11.3 Å². The van der Waals surface area contributed by atoms with Crippen molar-refractivity contribution in [1.29, 1.82) is 0 Å². The minimum absolute atomic E-state index is 0. The van der Waals surface area contributed by atoms with Crippen LogP contribution >= 0.6 is 12.4 Å². The van der Waals surface area contributed by atoms with Crippen LogP contribution in [0.2, 0.25) is 0 Å². The van der Waals surface area contributed by atoms with Crippen molar-refractivity contribution in [3.63, 3.8) is 0 Å². The lowest BCUT2D eigenvalue weighted by Gasteiger charge is -2.13. The van der Waals surface area contributed by atoms with Gasteiger partial charge in [-0.2, -0.15) is 0 Å². The molecule has 0 aliphatic carbocycles. The molecule has 0 saturated carbocycles. The summed E-state index contributed by atoms with van der Waals surface area (Å²) in [6.45, 7) is -0.585. The molecule has 1 fully saturated rings. The molecule has 7 nitrogen and oxygen atoms in total. The number of rotatable bonds is 5. The molecule has 1 aliphatic rings. The third-order valence-electron chi connectivity index (χ3n) is 3.35. The summed E-state index contributed by atoms with van der Waals surface area (Å²) in [5, 5.41) is 15.7. The number of benzene rings is 1. The third-order valence-corrected chi connectivity index (χ3v) is 3.35. The van der Waals surface area contributed by atoms with Gasteiger partial charge in [0.15, 0.2) is 0 Å². The molecule has 23 heavy (non-hydrogen) atoms. The highest BCUT2D eigenvalue weighted by Gasteiger charge is 2.42. The van der Waals surface area contributed by atoms with Crippen molar-refractivity contribution in [1.82, 2.24) is 10.6 Å². The molecule has 0 radical (unpaired) electrons. The molecule has 1 saturated heterocycles. The average molecular weight is 352 g/mol. The van der Waals surface area contributed by atoms with Crippen LogP contribution in [0.5, 0.6) is 5.75 Å². The van der Waals surface area contributed by atoms with Gasteiger partial charge in [0.2, 0.25) is 5.91 Å². The number of nitro groups is 1. The number of ether oxygens (including phenoxy) is 1. The summed E-state index contributed by atoms with van der Waals surface area (Å²) >= 11 is 0. The summed E-state index contributed by atoms with van der Waals surface area (Å²) in [5.74, 6) is -3.10. The summed E-state index contributed by atoms with van der Waals surface area (Å²) < 4.78 is 31.1. The number of methoxy groups -OCH3 is 1. The zero-order valence-electron chi connectivity index (χ0n) is 12.2. The largest absolute Gasteiger partial charge is 0.496 e. The molecule has 1 atom stereocenters. The molecular formula is C13H16ClF2N3O4. The highest BCUT2D eigenvalue weighted by atomic mass is 35.5. The lowest BCUT2D eigenvalue weighted by molar-refractivity contribution is -0.384. The predicted molar refractivity (Wildman–Crippen MR) is 80.1 cm³/mol. The second kappa shape index (κ2) is 7.51. The number of nitro benzene ring substituents is 1. The molecule has 1 heterocycles. The topological polar surface area (TPSA) is 93.5 Å². The van der Waals surface area contributed by atoms with E-state index < -0.39 is 35.8 Å². The number of non-ortho nitro benzene ring substituents is 1. The third kappa shape index (κ3) is 4.73. The number of nitrogens with one attached hydrogen (secondary N) is 2. The van der Waals surface area contributed by atoms with Crippen molar-refractivity contribution < 1.29 is 23.2 Å². The van der Waals surface area contributed by atoms with Gasteiger partial charge in [-0.05, 0) is 6.07 Å². The zero-order valence-corrected chi connectivity index (χ0v) is 13.0. The first-order valence-corrected chi connectivity index (χ1v) is 6.52. The van der Waals surface area contributed by atoms with Crippen LogP contribution in [0.3, 0.4) is 0 Å². The van der Waals surface area contributed by atoms with Crippen LogP contribution in [0.1, 0.15) is 12.0 Å². The van der Waals surface area contributed by atoms with Gasteiger partial charge in [0.1, 0.15) is 5.75 Å². The molecular weight excluding hydrogens is 336 g/mol. The van der Waals surface area contributed by atoms with E-state index in [4.69, 9.17) is 4.74 Å². The first kappa shape index (κ1) is 19.0. The van der Waals surface area contributed by atoms with Gasteiger partial charge < -0.3 is 10.1 Å². The molecule has 2 rings (SSSR count). The molecule has 1 aliphatic heterocycles. The SMILES string of the molecule is COc1ccc([N+](=O)[O-])cc1CNC(=O)C1CC(F)(F)CN1.Cl. The molecule has 128 valence electrons. The molecule has 2 N–H and O–H groups in total. The fourth-order valence-electron chi connectivity index (χ4n) is 2.22. The summed E-state index contributed by atoms with van der Waals surface area (Å²) in [5.41, 5.74) is 0.255. The van der Waals surface area contributed by atoms with Gasteiger partial charge in [0.25, 0.3) is 11.6 Å². The van der Waals surface area contributed by atoms with Gasteiger partial charge in [0, 0.05) is 30.7 Å². The molecule has 0 bridgehead atoms. The van der Waals surface area contributed by atoms with Gasteiger partial charge in [-0.1, -0.05) is 0 Å². The Kier molecular flexibility index (Phi) is 6.22. The van der Waals surface area contributed by atoms with E-state index in [1.54, 1.807) is 0 Å². The Bertz CT molecular complexity index is 601. The second-order valence-electron chi connectivity index (χ2n) is 4.96. The summed E-state index contributed by atoms with van der Waals surface area (Å²) in [7, 11) is 1.39. The Labute approximate surface area is 136 Å². The Morgan fingerprint density at radius 2 is 2.26 bits per heavy atom. The van der Waals surface area contributed by atoms with Gasteiger partial charge in [-0.3, -0.25) is 20.2 Å². The normalized spacial score (nSPS) is 18.8. The maximum atomic E-state index is 13.0. The number of alkyl halides is 2.